The predicted octanol–water partition coefficient (Wildman–Crippen LogP) is 1.65. The summed E-state index contributed by atoms with van der Waals surface area (Å²) in [7, 11) is 1.53. The number of urea groups is 1. The molecule has 1 aromatic rings. The molecule has 0 bridgehead atoms. The van der Waals surface area contributed by atoms with Crippen LogP contribution in [0, 0.1) is 11.8 Å². The lowest BCUT2D eigenvalue weighted by molar-refractivity contribution is -0.147. The van der Waals surface area contributed by atoms with Gasteiger partial charge in [0.15, 0.2) is 0 Å². The molecule has 0 unspecified atom stereocenters. The number of nitrogens with zero attached hydrogens (tertiary/aromatic N) is 3. The zero-order valence-corrected chi connectivity index (χ0v) is 18.9. The molecule has 0 radical (unpaired) electrons. The number of rotatable bonds is 7. The molecule has 3 rings (SSSR count). The monoisotopic (exact) mass is 444 g/mol. The number of likely N-dealkylation sites (tertiary alicyclic amines) is 1. The van der Waals surface area contributed by atoms with E-state index in [2.05, 4.69) is 0 Å². The number of hydrogen-bond donors (Lipinski definition) is 2. The Hall–Kier alpha value is -2.94. The molecule has 0 aliphatic carbocycles. The van der Waals surface area contributed by atoms with E-state index in [0.717, 1.165) is 29.7 Å². The highest BCUT2D eigenvalue weighted by Crippen LogP contribution is 2.30. The summed E-state index contributed by atoms with van der Waals surface area (Å²) in [6.45, 7) is 4.20. The van der Waals surface area contributed by atoms with Crippen molar-refractivity contribution >= 4 is 23.8 Å². The molecule has 1 aromatic carbocycles. The number of amides is 5. The number of carbonyl (C=O) groups excluding carboxylic acids is 4. The number of hydroxylamine groups is 1. The van der Waals surface area contributed by atoms with Crippen LogP contribution in [0.4, 0.5) is 4.79 Å². The Bertz CT molecular complexity index is 866. The zero-order chi connectivity index (χ0) is 23.5. The van der Waals surface area contributed by atoms with Crippen LogP contribution in [0.5, 0.6) is 0 Å². The summed E-state index contributed by atoms with van der Waals surface area (Å²) in [5.41, 5.74) is 1.46. The molecule has 32 heavy (non-hydrogen) atoms. The first kappa shape index (κ1) is 23.7. The summed E-state index contributed by atoms with van der Waals surface area (Å²) in [5, 5.41) is 9.45. The molecule has 9 heteroatoms. The maximum absolute atomic E-state index is 13.6. The van der Waals surface area contributed by atoms with Gasteiger partial charge in [-0.1, -0.05) is 30.3 Å². The lowest BCUT2D eigenvalue weighted by atomic mass is 9.84. The molecule has 0 aromatic heterocycles. The van der Waals surface area contributed by atoms with Crippen molar-refractivity contribution < 1.29 is 24.4 Å². The molecule has 0 spiro atoms. The Balaban J connectivity index is 1.94. The van der Waals surface area contributed by atoms with Gasteiger partial charge in [-0.05, 0) is 45.1 Å². The van der Waals surface area contributed by atoms with Crippen LogP contribution in [0.1, 0.15) is 38.7 Å². The highest BCUT2D eigenvalue weighted by Gasteiger charge is 2.51. The maximum atomic E-state index is 13.6. The Morgan fingerprint density at radius 1 is 1.06 bits per heavy atom. The summed E-state index contributed by atoms with van der Waals surface area (Å²) < 4.78 is 0. The molecule has 2 aliphatic heterocycles. The molecule has 2 heterocycles. The predicted molar refractivity (Wildman–Crippen MR) is 116 cm³/mol. The Morgan fingerprint density at radius 2 is 1.69 bits per heavy atom. The van der Waals surface area contributed by atoms with Crippen LogP contribution in [0.15, 0.2) is 30.3 Å². The molecular formula is C23H32N4O5. The lowest BCUT2D eigenvalue weighted by Gasteiger charge is -2.34. The van der Waals surface area contributed by atoms with Crippen LogP contribution in [0.25, 0.3) is 0 Å². The average molecular weight is 445 g/mol. The fraction of sp³-hybridized carbons (Fsp3) is 0.565. The van der Waals surface area contributed by atoms with Gasteiger partial charge in [-0.25, -0.2) is 10.3 Å². The average Bonchev–Trinajstić information content (AvgIpc) is 2.95. The summed E-state index contributed by atoms with van der Waals surface area (Å²) in [6, 6.07) is 8.77. The van der Waals surface area contributed by atoms with Crippen molar-refractivity contribution in [2.75, 3.05) is 26.7 Å². The number of carbonyl (C=O) groups is 4. The van der Waals surface area contributed by atoms with E-state index in [-0.39, 0.29) is 18.9 Å². The lowest BCUT2D eigenvalue weighted by Crippen LogP contribution is -2.51. The minimum atomic E-state index is -1.09. The largest absolute Gasteiger partial charge is 0.342 e. The molecule has 2 atom stereocenters. The Kier molecular flexibility index (Phi) is 7.18. The summed E-state index contributed by atoms with van der Waals surface area (Å²) in [6.07, 6.45) is 3.08. The topological polar surface area (TPSA) is 110 Å². The van der Waals surface area contributed by atoms with Crippen molar-refractivity contribution in [1.29, 1.82) is 0 Å². The van der Waals surface area contributed by atoms with Crippen LogP contribution in [-0.4, -0.2) is 75.9 Å². The van der Waals surface area contributed by atoms with E-state index in [4.69, 9.17) is 0 Å². The van der Waals surface area contributed by atoms with Gasteiger partial charge in [0, 0.05) is 26.7 Å². The summed E-state index contributed by atoms with van der Waals surface area (Å²) in [4.78, 5) is 56.1. The van der Waals surface area contributed by atoms with E-state index in [1.165, 1.54) is 11.9 Å². The fourth-order valence-corrected chi connectivity index (χ4v) is 4.43. The van der Waals surface area contributed by atoms with Crippen molar-refractivity contribution in [3.8, 4) is 0 Å². The third kappa shape index (κ3) is 4.62. The molecule has 2 fully saturated rings. The van der Waals surface area contributed by atoms with Gasteiger partial charge in [0.25, 0.3) is 5.91 Å². The van der Waals surface area contributed by atoms with Gasteiger partial charge in [0.1, 0.15) is 5.54 Å². The van der Waals surface area contributed by atoms with Gasteiger partial charge in [-0.15, -0.1) is 0 Å². The minimum absolute atomic E-state index is 0.200. The van der Waals surface area contributed by atoms with Crippen LogP contribution in [-0.2, 0) is 20.8 Å². The second-order valence-electron chi connectivity index (χ2n) is 9.08. The van der Waals surface area contributed by atoms with Crippen molar-refractivity contribution in [3.63, 3.8) is 0 Å². The first-order valence-electron chi connectivity index (χ1n) is 11.0. The highest BCUT2D eigenvalue weighted by molar-refractivity contribution is 6.06. The second kappa shape index (κ2) is 9.68. The van der Waals surface area contributed by atoms with E-state index in [1.807, 2.05) is 30.3 Å². The number of likely N-dealkylation sites (N-methyl/N-ethyl adjacent to an activating group) is 1. The van der Waals surface area contributed by atoms with E-state index in [9.17, 15) is 24.4 Å². The van der Waals surface area contributed by atoms with Crippen molar-refractivity contribution in [2.24, 2.45) is 11.8 Å². The molecule has 9 nitrogen and oxygen atoms in total. The number of benzene rings is 1. The number of nitrogens with one attached hydrogen (secondary N) is 1. The third-order valence-electron chi connectivity index (χ3n) is 6.72. The van der Waals surface area contributed by atoms with Crippen LogP contribution in [0.3, 0.4) is 0 Å². The standard InChI is InChI=1S/C23H32N4O5/c1-23(2)21(30)27(22(31)25(23)3)15-18(19(28)24-32)17(14-16-10-6-4-7-11-16)20(29)26-12-8-5-9-13-26/h4,6-7,10-11,17-18,32H,5,8-9,12-15H2,1-3H3,(H,24,28)/t17-,18+/m1/s1. The van der Waals surface area contributed by atoms with E-state index >= 15 is 0 Å². The second-order valence-corrected chi connectivity index (χ2v) is 9.08. The van der Waals surface area contributed by atoms with E-state index in [1.54, 1.807) is 24.2 Å². The van der Waals surface area contributed by atoms with Crippen LogP contribution >= 0.6 is 0 Å². The van der Waals surface area contributed by atoms with Gasteiger partial charge in [-0.3, -0.25) is 24.5 Å². The zero-order valence-electron chi connectivity index (χ0n) is 18.9. The number of hydrogen-bond acceptors (Lipinski definition) is 5. The smallest absolute Gasteiger partial charge is 0.327 e. The number of imide groups is 1. The minimum Gasteiger partial charge on any atom is -0.342 e. The van der Waals surface area contributed by atoms with Gasteiger partial charge in [-0.2, -0.15) is 0 Å². The maximum Gasteiger partial charge on any atom is 0.327 e. The van der Waals surface area contributed by atoms with Gasteiger partial charge in [0.05, 0.1) is 11.8 Å². The van der Waals surface area contributed by atoms with Crippen molar-refractivity contribution in [1.82, 2.24) is 20.2 Å². The van der Waals surface area contributed by atoms with Gasteiger partial charge >= 0.3 is 6.03 Å². The van der Waals surface area contributed by atoms with Crippen LogP contribution < -0.4 is 5.48 Å². The normalized spacial score (nSPS) is 20.3. The SMILES string of the molecule is CN1C(=O)N(C[C@H](C(=O)NO)[C@@H](Cc2ccccc2)C(=O)N2CCCCC2)C(=O)C1(C)C. The highest BCUT2D eigenvalue weighted by atomic mass is 16.5. The molecule has 2 N–H and O–H groups in total. The molecule has 174 valence electrons. The Labute approximate surface area is 188 Å². The summed E-state index contributed by atoms with van der Waals surface area (Å²) >= 11 is 0. The first-order valence-corrected chi connectivity index (χ1v) is 11.0. The first-order chi connectivity index (χ1) is 15.2. The molecule has 5 amide bonds. The van der Waals surface area contributed by atoms with Gasteiger partial charge in [0.2, 0.25) is 11.8 Å². The van der Waals surface area contributed by atoms with Crippen molar-refractivity contribution in [3.05, 3.63) is 35.9 Å². The van der Waals surface area contributed by atoms with Gasteiger partial charge < -0.3 is 9.80 Å². The molecule has 0 saturated carbocycles. The Morgan fingerprint density at radius 3 is 2.22 bits per heavy atom. The molecular weight excluding hydrogens is 412 g/mol. The van der Waals surface area contributed by atoms with E-state index < -0.39 is 35.2 Å². The molecule has 2 saturated heterocycles. The van der Waals surface area contributed by atoms with E-state index in [0.29, 0.717) is 13.1 Å². The van der Waals surface area contributed by atoms with Crippen LogP contribution in [0.2, 0.25) is 0 Å². The van der Waals surface area contributed by atoms with Crippen molar-refractivity contribution in [2.45, 2.75) is 45.1 Å². The third-order valence-corrected chi connectivity index (χ3v) is 6.72. The number of piperidine rings is 1. The molecule has 2 aliphatic rings. The quantitative estimate of drug-likeness (QED) is 0.378. The fourth-order valence-electron chi connectivity index (χ4n) is 4.43. The summed E-state index contributed by atoms with van der Waals surface area (Å²) in [5.74, 6) is -3.36.